The summed E-state index contributed by atoms with van der Waals surface area (Å²) < 4.78 is 13.0. The van der Waals surface area contributed by atoms with Crippen LogP contribution in [0.2, 0.25) is 0 Å². The van der Waals surface area contributed by atoms with Crippen LogP contribution < -0.4 is 15.1 Å². The summed E-state index contributed by atoms with van der Waals surface area (Å²) in [4.78, 5) is 16.9. The molecule has 0 radical (unpaired) electrons. The number of nitrogens with zero attached hydrogens (tertiary/aromatic N) is 2. The first-order valence-electron chi connectivity index (χ1n) is 7.92. The Hall–Kier alpha value is -2.56. The average molecular weight is 311 g/mol. The number of carbonyl (C=O) groups is 1. The zero-order valence-electron chi connectivity index (χ0n) is 12.7. The van der Waals surface area contributed by atoms with E-state index in [4.69, 9.17) is 0 Å². The highest BCUT2D eigenvalue weighted by Gasteiger charge is 2.36. The highest BCUT2D eigenvalue weighted by molar-refractivity contribution is 6.04. The predicted octanol–water partition coefficient (Wildman–Crippen LogP) is 3.85. The monoisotopic (exact) mass is 311 g/mol. The topological polar surface area (TPSA) is 35.6 Å². The molecule has 0 aliphatic carbocycles. The third-order valence-electron chi connectivity index (χ3n) is 4.59. The average Bonchev–Trinajstić information content (AvgIpc) is 3.05. The summed E-state index contributed by atoms with van der Waals surface area (Å²) in [5.41, 5.74) is 2.66. The van der Waals surface area contributed by atoms with Crippen LogP contribution >= 0.6 is 0 Å². The van der Waals surface area contributed by atoms with Crippen molar-refractivity contribution in [1.82, 2.24) is 0 Å². The lowest BCUT2D eigenvalue weighted by Gasteiger charge is -2.40. The van der Waals surface area contributed by atoms with Gasteiger partial charge in [0.25, 0.3) is 0 Å². The molecule has 4 nitrogen and oxygen atoms in total. The van der Waals surface area contributed by atoms with Gasteiger partial charge in [-0.25, -0.2) is 9.18 Å². The minimum Gasteiger partial charge on any atom is -0.365 e. The largest absolute Gasteiger partial charge is 0.365 e. The third kappa shape index (κ3) is 2.52. The Morgan fingerprint density at radius 1 is 1.09 bits per heavy atom. The first kappa shape index (κ1) is 14.1. The molecule has 0 unspecified atom stereocenters. The van der Waals surface area contributed by atoms with E-state index in [0.29, 0.717) is 18.3 Å². The molecule has 1 saturated heterocycles. The summed E-state index contributed by atoms with van der Waals surface area (Å²) >= 11 is 0. The number of rotatable bonds is 1. The number of carbonyl (C=O) groups excluding carboxylic acids is 1. The molecule has 2 aliphatic rings. The molecule has 1 N–H and O–H groups in total. The number of urea groups is 1. The summed E-state index contributed by atoms with van der Waals surface area (Å²) in [6, 6.07) is 14.1. The Morgan fingerprint density at radius 2 is 1.83 bits per heavy atom. The minimum absolute atomic E-state index is 0.171. The number of anilines is 3. The Kier molecular flexibility index (Phi) is 3.41. The number of benzene rings is 2. The van der Waals surface area contributed by atoms with Crippen LogP contribution in [-0.2, 0) is 0 Å². The van der Waals surface area contributed by atoms with Crippen LogP contribution in [0, 0.1) is 5.82 Å². The second-order valence-corrected chi connectivity index (χ2v) is 6.03. The van der Waals surface area contributed by atoms with Crippen molar-refractivity contribution < 1.29 is 9.18 Å². The molecule has 2 aliphatic heterocycles. The molecule has 2 heterocycles. The minimum atomic E-state index is -0.312. The fourth-order valence-electron chi connectivity index (χ4n) is 3.50. The lowest BCUT2D eigenvalue weighted by molar-refractivity contribution is 0.256. The smallest absolute Gasteiger partial charge is 0.326 e. The number of halogens is 1. The third-order valence-corrected chi connectivity index (χ3v) is 4.59. The second-order valence-electron chi connectivity index (χ2n) is 6.03. The van der Waals surface area contributed by atoms with Crippen LogP contribution in [0.4, 0.5) is 26.2 Å². The molecule has 118 valence electrons. The number of hydrogen-bond acceptors (Lipinski definition) is 2. The van der Waals surface area contributed by atoms with E-state index in [1.807, 2.05) is 18.2 Å². The summed E-state index contributed by atoms with van der Waals surface area (Å²) in [6.07, 6.45) is 2.26. The molecule has 0 aromatic heterocycles. The van der Waals surface area contributed by atoms with E-state index >= 15 is 0 Å². The summed E-state index contributed by atoms with van der Waals surface area (Å²) in [5.74, 6) is -0.312. The van der Waals surface area contributed by atoms with Crippen molar-refractivity contribution in [2.24, 2.45) is 0 Å². The highest BCUT2D eigenvalue weighted by Crippen LogP contribution is 2.39. The molecule has 0 bridgehead atoms. The van der Waals surface area contributed by atoms with Gasteiger partial charge in [0.1, 0.15) is 5.82 Å². The van der Waals surface area contributed by atoms with E-state index in [-0.39, 0.29) is 11.8 Å². The second kappa shape index (κ2) is 5.57. The van der Waals surface area contributed by atoms with E-state index in [1.165, 1.54) is 12.1 Å². The van der Waals surface area contributed by atoms with Crippen LogP contribution in [-0.4, -0.2) is 25.2 Å². The molecule has 0 spiro atoms. The van der Waals surface area contributed by atoms with Crippen LogP contribution in [0.1, 0.15) is 12.8 Å². The van der Waals surface area contributed by atoms with Gasteiger partial charge in [0.15, 0.2) is 0 Å². The van der Waals surface area contributed by atoms with Gasteiger partial charge >= 0.3 is 6.03 Å². The van der Waals surface area contributed by atoms with Crippen LogP contribution in [0.25, 0.3) is 0 Å². The van der Waals surface area contributed by atoms with Gasteiger partial charge in [0.05, 0.1) is 11.4 Å². The van der Waals surface area contributed by atoms with Crippen molar-refractivity contribution in [1.29, 1.82) is 0 Å². The standard InChI is InChI=1S/C18H18FN3O/c19-13-7-9-14(10-8-13)20-18(23)22-12-15-4-3-11-21(15)16-5-1-2-6-17(16)22/h1-2,5-10,15H,3-4,11-12H2,(H,20,23)/t15-/m1/s1. The molecular weight excluding hydrogens is 293 g/mol. The van der Waals surface area contributed by atoms with Crippen LogP contribution in [0.15, 0.2) is 48.5 Å². The van der Waals surface area contributed by atoms with Gasteiger partial charge < -0.3 is 10.2 Å². The fraction of sp³-hybridized carbons (Fsp3) is 0.278. The molecule has 0 saturated carbocycles. The van der Waals surface area contributed by atoms with Crippen molar-refractivity contribution in [2.75, 3.05) is 28.2 Å². The van der Waals surface area contributed by atoms with Crippen LogP contribution in [0.5, 0.6) is 0 Å². The van der Waals surface area contributed by atoms with Crippen molar-refractivity contribution in [3.8, 4) is 0 Å². The van der Waals surface area contributed by atoms with Crippen molar-refractivity contribution in [2.45, 2.75) is 18.9 Å². The molecule has 2 amide bonds. The Balaban J connectivity index is 1.62. The molecule has 1 fully saturated rings. The molecule has 2 aromatic rings. The van der Waals surface area contributed by atoms with Gasteiger partial charge in [0.2, 0.25) is 0 Å². The number of para-hydroxylation sites is 2. The lowest BCUT2D eigenvalue weighted by Crippen LogP contribution is -2.49. The Labute approximate surface area is 134 Å². The summed E-state index contributed by atoms with van der Waals surface area (Å²) in [7, 11) is 0. The fourth-order valence-corrected chi connectivity index (χ4v) is 3.50. The van der Waals surface area contributed by atoms with E-state index < -0.39 is 0 Å². The van der Waals surface area contributed by atoms with Gasteiger partial charge in [0, 0.05) is 24.8 Å². The highest BCUT2D eigenvalue weighted by atomic mass is 19.1. The zero-order valence-corrected chi connectivity index (χ0v) is 12.7. The first-order valence-corrected chi connectivity index (χ1v) is 7.92. The number of amides is 2. The SMILES string of the molecule is O=C(Nc1ccc(F)cc1)N1C[C@H]2CCCN2c2ccccc21. The maximum atomic E-state index is 13.0. The lowest BCUT2D eigenvalue weighted by atomic mass is 10.1. The molecule has 1 atom stereocenters. The predicted molar refractivity (Wildman–Crippen MR) is 89.6 cm³/mol. The number of fused-ring (bicyclic) bond motifs is 3. The number of nitrogens with one attached hydrogen (secondary N) is 1. The maximum Gasteiger partial charge on any atom is 0.326 e. The van der Waals surface area contributed by atoms with E-state index in [2.05, 4.69) is 16.3 Å². The summed E-state index contributed by atoms with van der Waals surface area (Å²) in [5, 5.41) is 2.86. The molecule has 5 heteroatoms. The van der Waals surface area contributed by atoms with Crippen LogP contribution in [0.3, 0.4) is 0 Å². The summed E-state index contributed by atoms with van der Waals surface area (Å²) in [6.45, 7) is 1.74. The van der Waals surface area contributed by atoms with Gasteiger partial charge in [-0.05, 0) is 49.2 Å². The van der Waals surface area contributed by atoms with E-state index in [0.717, 1.165) is 30.8 Å². The zero-order chi connectivity index (χ0) is 15.8. The quantitative estimate of drug-likeness (QED) is 0.868. The van der Waals surface area contributed by atoms with Gasteiger partial charge in [-0.1, -0.05) is 12.1 Å². The van der Waals surface area contributed by atoms with Crippen molar-refractivity contribution in [3.63, 3.8) is 0 Å². The Bertz CT molecular complexity index is 731. The van der Waals surface area contributed by atoms with Gasteiger partial charge in [-0.15, -0.1) is 0 Å². The van der Waals surface area contributed by atoms with Gasteiger partial charge in [-0.3, -0.25) is 4.90 Å². The maximum absolute atomic E-state index is 13.0. The molecular formula is C18H18FN3O. The van der Waals surface area contributed by atoms with E-state index in [9.17, 15) is 9.18 Å². The van der Waals surface area contributed by atoms with Crippen molar-refractivity contribution >= 4 is 23.1 Å². The first-order chi connectivity index (χ1) is 11.2. The van der Waals surface area contributed by atoms with E-state index in [1.54, 1.807) is 17.0 Å². The molecule has 2 aromatic carbocycles. The van der Waals surface area contributed by atoms with Crippen molar-refractivity contribution in [3.05, 3.63) is 54.3 Å². The Morgan fingerprint density at radius 3 is 2.61 bits per heavy atom. The van der Waals surface area contributed by atoms with Gasteiger partial charge in [-0.2, -0.15) is 0 Å². The molecule has 4 rings (SSSR count). The number of hydrogen-bond donors (Lipinski definition) is 1. The molecule has 23 heavy (non-hydrogen) atoms. The normalized spacial score (nSPS) is 19.3.